The molecule has 120 valence electrons. The van der Waals surface area contributed by atoms with Crippen molar-refractivity contribution in [1.29, 1.82) is 0 Å². The molecule has 4 nitrogen and oxygen atoms in total. The van der Waals surface area contributed by atoms with Crippen molar-refractivity contribution in [3.8, 4) is 0 Å². The van der Waals surface area contributed by atoms with Crippen LogP contribution in [0.3, 0.4) is 0 Å². The number of hydrogen-bond donors (Lipinski definition) is 2. The Morgan fingerprint density at radius 3 is 2.05 bits per heavy atom. The topological polar surface area (TPSA) is 86.2 Å². The third kappa shape index (κ3) is 5.09. The van der Waals surface area contributed by atoms with Gasteiger partial charge in [-0.3, -0.25) is 0 Å². The molecule has 0 spiro atoms. The van der Waals surface area contributed by atoms with Crippen molar-refractivity contribution in [1.82, 2.24) is 0 Å². The number of sulfone groups is 1. The Balaban J connectivity index is 2.89. The van der Waals surface area contributed by atoms with E-state index in [1.165, 1.54) is 5.56 Å². The lowest BCUT2D eigenvalue weighted by Crippen LogP contribution is -2.25. The number of hydrogen-bond acceptors (Lipinski definition) is 4. The molecule has 0 aliphatic heterocycles. The predicted molar refractivity (Wildman–Crippen MR) is 88.0 cm³/mol. The van der Waals surface area contributed by atoms with Crippen molar-refractivity contribution >= 4 is 9.84 Å². The summed E-state index contributed by atoms with van der Waals surface area (Å²) in [5, 5.41) is 0. The van der Waals surface area contributed by atoms with E-state index in [1.807, 2.05) is 19.1 Å². The molecule has 0 aliphatic rings. The van der Waals surface area contributed by atoms with Crippen LogP contribution in [0.15, 0.2) is 29.2 Å². The molecule has 0 aliphatic carbocycles. The van der Waals surface area contributed by atoms with E-state index in [0.29, 0.717) is 36.2 Å². The molecule has 0 bridgehead atoms. The highest BCUT2D eigenvalue weighted by Gasteiger charge is 2.17. The fourth-order valence-electron chi connectivity index (χ4n) is 2.56. The Labute approximate surface area is 128 Å². The monoisotopic (exact) mass is 312 g/mol. The first-order chi connectivity index (χ1) is 9.98. The van der Waals surface area contributed by atoms with Crippen LogP contribution in [0.4, 0.5) is 0 Å². The number of nitrogens with two attached hydrogens (primary N) is 2. The molecule has 21 heavy (non-hydrogen) atoms. The minimum absolute atomic E-state index is 0.200. The average Bonchev–Trinajstić information content (AvgIpc) is 2.49. The van der Waals surface area contributed by atoms with Gasteiger partial charge in [-0.15, -0.1) is 0 Å². The Morgan fingerprint density at radius 1 is 1.05 bits per heavy atom. The SMILES string of the molecule is CCCS(=O)(=O)c1ccc(C(CC)CC(CN)CN)cc1. The lowest BCUT2D eigenvalue weighted by Gasteiger charge is -2.21. The summed E-state index contributed by atoms with van der Waals surface area (Å²) in [6.07, 6.45) is 2.58. The largest absolute Gasteiger partial charge is 0.330 e. The van der Waals surface area contributed by atoms with Gasteiger partial charge in [0.05, 0.1) is 10.6 Å². The molecule has 0 aromatic heterocycles. The van der Waals surface area contributed by atoms with Crippen molar-refractivity contribution in [3.63, 3.8) is 0 Å². The van der Waals surface area contributed by atoms with Gasteiger partial charge in [0.25, 0.3) is 0 Å². The third-order valence-corrected chi connectivity index (χ3v) is 5.90. The summed E-state index contributed by atoms with van der Waals surface area (Å²) in [6.45, 7) is 5.20. The van der Waals surface area contributed by atoms with Crippen LogP contribution in [0.1, 0.15) is 44.6 Å². The second kappa shape index (κ2) is 8.51. The smallest absolute Gasteiger partial charge is 0.178 e. The van der Waals surface area contributed by atoms with Crippen molar-refractivity contribution in [3.05, 3.63) is 29.8 Å². The Morgan fingerprint density at radius 2 is 1.62 bits per heavy atom. The van der Waals surface area contributed by atoms with Gasteiger partial charge in [0.15, 0.2) is 9.84 Å². The van der Waals surface area contributed by atoms with E-state index in [2.05, 4.69) is 6.92 Å². The van der Waals surface area contributed by atoms with Gasteiger partial charge < -0.3 is 11.5 Å². The number of rotatable bonds is 9. The first-order valence-electron chi connectivity index (χ1n) is 7.71. The first kappa shape index (κ1) is 18.1. The molecule has 4 N–H and O–H groups in total. The Hall–Kier alpha value is -0.910. The molecule has 1 aromatic carbocycles. The van der Waals surface area contributed by atoms with E-state index in [9.17, 15) is 8.42 Å². The highest BCUT2D eigenvalue weighted by atomic mass is 32.2. The minimum Gasteiger partial charge on any atom is -0.330 e. The van der Waals surface area contributed by atoms with Crippen molar-refractivity contribution in [2.45, 2.75) is 43.9 Å². The molecule has 1 unspecified atom stereocenters. The van der Waals surface area contributed by atoms with Gasteiger partial charge in [-0.25, -0.2) is 8.42 Å². The second-order valence-electron chi connectivity index (χ2n) is 5.57. The summed E-state index contributed by atoms with van der Waals surface area (Å²) >= 11 is 0. The molecule has 0 amide bonds. The lowest BCUT2D eigenvalue weighted by atomic mass is 9.87. The average molecular weight is 312 g/mol. The quantitative estimate of drug-likeness (QED) is 0.732. The maximum absolute atomic E-state index is 12.0. The molecule has 1 atom stereocenters. The summed E-state index contributed by atoms with van der Waals surface area (Å²) in [6, 6.07) is 7.31. The zero-order valence-corrected chi connectivity index (χ0v) is 13.9. The number of benzene rings is 1. The molecule has 0 heterocycles. The van der Waals surface area contributed by atoms with E-state index in [-0.39, 0.29) is 5.75 Å². The molecule has 5 heteroatoms. The lowest BCUT2D eigenvalue weighted by molar-refractivity contribution is 0.442. The first-order valence-corrected chi connectivity index (χ1v) is 9.36. The summed E-state index contributed by atoms with van der Waals surface area (Å²) < 4.78 is 24.0. The fourth-order valence-corrected chi connectivity index (χ4v) is 3.89. The van der Waals surface area contributed by atoms with Gasteiger partial charge in [0.2, 0.25) is 0 Å². The zero-order chi connectivity index (χ0) is 15.9. The molecule has 1 rings (SSSR count). The van der Waals surface area contributed by atoms with Crippen molar-refractivity contribution in [2.24, 2.45) is 17.4 Å². The summed E-state index contributed by atoms with van der Waals surface area (Å²) in [5.74, 6) is 0.898. The van der Waals surface area contributed by atoms with Gasteiger partial charge in [-0.2, -0.15) is 0 Å². The van der Waals surface area contributed by atoms with Gasteiger partial charge in [-0.1, -0.05) is 26.0 Å². The second-order valence-corrected chi connectivity index (χ2v) is 7.68. The highest BCUT2D eigenvalue weighted by Crippen LogP contribution is 2.27. The maximum Gasteiger partial charge on any atom is 0.178 e. The molecule has 1 aromatic rings. The van der Waals surface area contributed by atoms with Crippen LogP contribution in [0, 0.1) is 5.92 Å². The van der Waals surface area contributed by atoms with E-state index in [1.54, 1.807) is 12.1 Å². The standard InChI is InChI=1S/C16H28N2O2S/c1-3-9-21(19,20)16-7-5-15(6-8-16)14(4-2)10-13(11-17)12-18/h5-8,13-14H,3-4,9-12,17-18H2,1-2H3. The van der Waals surface area contributed by atoms with Gasteiger partial charge in [0, 0.05) is 0 Å². The van der Waals surface area contributed by atoms with Crippen LogP contribution in [-0.4, -0.2) is 27.3 Å². The Bertz CT molecular complexity index is 508. The zero-order valence-electron chi connectivity index (χ0n) is 13.1. The van der Waals surface area contributed by atoms with E-state index >= 15 is 0 Å². The summed E-state index contributed by atoms with van der Waals surface area (Å²) in [5.41, 5.74) is 12.6. The molecular formula is C16H28N2O2S. The fraction of sp³-hybridized carbons (Fsp3) is 0.625. The van der Waals surface area contributed by atoms with E-state index < -0.39 is 9.84 Å². The third-order valence-electron chi connectivity index (χ3n) is 3.96. The van der Waals surface area contributed by atoms with E-state index in [4.69, 9.17) is 11.5 Å². The predicted octanol–water partition coefficient (Wildman–Crippen LogP) is 2.29. The normalized spacial score (nSPS) is 13.6. The highest BCUT2D eigenvalue weighted by molar-refractivity contribution is 7.91. The maximum atomic E-state index is 12.0. The van der Waals surface area contributed by atoms with Crippen molar-refractivity contribution < 1.29 is 8.42 Å². The van der Waals surface area contributed by atoms with Crippen LogP contribution in [-0.2, 0) is 9.84 Å². The summed E-state index contributed by atoms with van der Waals surface area (Å²) in [7, 11) is -3.13. The molecule has 0 fully saturated rings. The minimum atomic E-state index is -3.13. The molecular weight excluding hydrogens is 284 g/mol. The Kier molecular flexibility index (Phi) is 7.35. The van der Waals surface area contributed by atoms with Crippen LogP contribution in [0.2, 0.25) is 0 Å². The van der Waals surface area contributed by atoms with Crippen LogP contribution < -0.4 is 11.5 Å². The van der Waals surface area contributed by atoms with Gasteiger partial charge >= 0.3 is 0 Å². The van der Waals surface area contributed by atoms with Crippen LogP contribution >= 0.6 is 0 Å². The summed E-state index contributed by atoms with van der Waals surface area (Å²) in [4.78, 5) is 0.414. The van der Waals surface area contributed by atoms with E-state index in [0.717, 1.165) is 12.8 Å². The molecule has 0 radical (unpaired) electrons. The van der Waals surface area contributed by atoms with Crippen LogP contribution in [0.25, 0.3) is 0 Å². The molecule has 0 saturated heterocycles. The van der Waals surface area contributed by atoms with Gasteiger partial charge in [-0.05, 0) is 61.9 Å². The van der Waals surface area contributed by atoms with Gasteiger partial charge in [0.1, 0.15) is 0 Å². The molecule has 0 saturated carbocycles. The van der Waals surface area contributed by atoms with Crippen LogP contribution in [0.5, 0.6) is 0 Å². The van der Waals surface area contributed by atoms with Crippen molar-refractivity contribution in [2.75, 3.05) is 18.8 Å².